The van der Waals surface area contributed by atoms with Crippen LogP contribution in [0.2, 0.25) is 0 Å². The SMILES string of the molecule is C1CO1.CCCCCCCCCCc1ccccc1O. The molecule has 2 rings (SSSR count). The molecule has 0 saturated carbocycles. The van der Waals surface area contributed by atoms with Gasteiger partial charge in [-0.25, -0.2) is 0 Å². The fourth-order valence-electron chi connectivity index (χ4n) is 2.17. The van der Waals surface area contributed by atoms with E-state index in [1.807, 2.05) is 18.2 Å². The number of phenols is 1. The van der Waals surface area contributed by atoms with Crippen LogP contribution in [0.5, 0.6) is 5.75 Å². The van der Waals surface area contributed by atoms with Gasteiger partial charge in [0, 0.05) is 0 Å². The lowest BCUT2D eigenvalue weighted by Gasteiger charge is -2.04. The molecular formula is C18H30O2. The fourth-order valence-corrected chi connectivity index (χ4v) is 2.17. The van der Waals surface area contributed by atoms with Crippen LogP contribution < -0.4 is 0 Å². The van der Waals surface area contributed by atoms with Crippen molar-refractivity contribution >= 4 is 0 Å². The maximum absolute atomic E-state index is 9.61. The highest BCUT2D eigenvalue weighted by Gasteiger charge is 1.99. The van der Waals surface area contributed by atoms with E-state index in [2.05, 4.69) is 11.7 Å². The summed E-state index contributed by atoms with van der Waals surface area (Å²) in [7, 11) is 0. The molecule has 20 heavy (non-hydrogen) atoms. The third kappa shape index (κ3) is 9.85. The lowest BCUT2D eigenvalue weighted by atomic mass is 10.0. The number of hydrogen-bond donors (Lipinski definition) is 1. The molecule has 1 heterocycles. The first-order valence-electron chi connectivity index (χ1n) is 8.19. The van der Waals surface area contributed by atoms with Gasteiger partial charge >= 0.3 is 0 Å². The van der Waals surface area contributed by atoms with Crippen LogP contribution in [0.3, 0.4) is 0 Å². The maximum atomic E-state index is 9.61. The van der Waals surface area contributed by atoms with Gasteiger partial charge in [-0.3, -0.25) is 0 Å². The Bertz CT molecular complexity index is 331. The Morgan fingerprint density at radius 2 is 1.45 bits per heavy atom. The van der Waals surface area contributed by atoms with Crippen molar-refractivity contribution in [3.8, 4) is 5.75 Å². The largest absolute Gasteiger partial charge is 0.508 e. The minimum Gasteiger partial charge on any atom is -0.508 e. The predicted octanol–water partition coefficient (Wildman–Crippen LogP) is 5.09. The maximum Gasteiger partial charge on any atom is 0.118 e. The summed E-state index contributed by atoms with van der Waals surface area (Å²) < 4.78 is 4.50. The summed E-state index contributed by atoms with van der Waals surface area (Å²) in [6.45, 7) is 4.26. The molecule has 0 aromatic heterocycles. The Hall–Kier alpha value is -1.02. The summed E-state index contributed by atoms with van der Waals surface area (Å²) in [5, 5.41) is 9.61. The van der Waals surface area contributed by atoms with E-state index in [9.17, 15) is 5.11 Å². The number of benzene rings is 1. The van der Waals surface area contributed by atoms with Crippen molar-refractivity contribution in [3.63, 3.8) is 0 Å². The Morgan fingerprint density at radius 1 is 0.900 bits per heavy atom. The summed E-state index contributed by atoms with van der Waals surface area (Å²) in [5.74, 6) is 0.454. The number of aryl methyl sites for hydroxylation is 1. The monoisotopic (exact) mass is 278 g/mol. The summed E-state index contributed by atoms with van der Waals surface area (Å²) in [6, 6.07) is 7.68. The molecule has 0 radical (unpaired) electrons. The summed E-state index contributed by atoms with van der Waals surface area (Å²) in [4.78, 5) is 0. The average molecular weight is 278 g/mol. The molecule has 0 amide bonds. The van der Waals surface area contributed by atoms with E-state index in [0.29, 0.717) is 5.75 Å². The van der Waals surface area contributed by atoms with E-state index in [4.69, 9.17) is 0 Å². The minimum absolute atomic E-state index is 0.454. The summed E-state index contributed by atoms with van der Waals surface area (Å²) in [5.41, 5.74) is 1.10. The van der Waals surface area contributed by atoms with Crippen molar-refractivity contribution in [3.05, 3.63) is 29.8 Å². The lowest BCUT2D eigenvalue weighted by Crippen LogP contribution is -1.87. The molecule has 1 aliphatic rings. The molecular weight excluding hydrogens is 248 g/mol. The predicted molar refractivity (Wildman–Crippen MR) is 85.2 cm³/mol. The van der Waals surface area contributed by atoms with Gasteiger partial charge in [-0.05, 0) is 24.5 Å². The number of rotatable bonds is 9. The molecule has 1 aliphatic heterocycles. The number of aromatic hydroxyl groups is 1. The molecule has 1 aromatic rings. The van der Waals surface area contributed by atoms with Gasteiger partial charge in [-0.2, -0.15) is 0 Å². The molecule has 1 saturated heterocycles. The van der Waals surface area contributed by atoms with Crippen LogP contribution in [-0.4, -0.2) is 18.3 Å². The van der Waals surface area contributed by atoms with Gasteiger partial charge in [0.05, 0.1) is 13.2 Å². The molecule has 2 heteroatoms. The number of para-hydroxylation sites is 1. The second-order valence-electron chi connectivity index (χ2n) is 5.47. The van der Waals surface area contributed by atoms with Gasteiger partial charge in [0.25, 0.3) is 0 Å². The van der Waals surface area contributed by atoms with Crippen LogP contribution in [0, 0.1) is 0 Å². The van der Waals surface area contributed by atoms with E-state index in [1.54, 1.807) is 6.07 Å². The molecule has 114 valence electrons. The number of hydrogen-bond acceptors (Lipinski definition) is 2. The lowest BCUT2D eigenvalue weighted by molar-refractivity contribution is 0.466. The second kappa shape index (κ2) is 11.8. The number of unbranched alkanes of at least 4 members (excludes halogenated alkanes) is 7. The molecule has 0 atom stereocenters. The second-order valence-corrected chi connectivity index (χ2v) is 5.47. The van der Waals surface area contributed by atoms with E-state index in [0.717, 1.165) is 25.2 Å². The highest BCUT2D eigenvalue weighted by atomic mass is 16.6. The van der Waals surface area contributed by atoms with Gasteiger partial charge in [0.2, 0.25) is 0 Å². The molecule has 2 nitrogen and oxygen atoms in total. The highest BCUT2D eigenvalue weighted by Crippen LogP contribution is 2.18. The van der Waals surface area contributed by atoms with E-state index < -0.39 is 0 Å². The van der Waals surface area contributed by atoms with E-state index >= 15 is 0 Å². The van der Waals surface area contributed by atoms with Gasteiger partial charge in [-0.1, -0.05) is 70.1 Å². The van der Waals surface area contributed by atoms with Crippen LogP contribution >= 0.6 is 0 Å². The molecule has 0 aliphatic carbocycles. The van der Waals surface area contributed by atoms with Crippen molar-refractivity contribution in [1.82, 2.24) is 0 Å². The Labute approximate surface area is 124 Å². The number of phenolic OH excluding ortho intramolecular Hbond substituents is 1. The normalized spacial score (nSPS) is 12.7. The van der Waals surface area contributed by atoms with Crippen molar-refractivity contribution in [2.75, 3.05) is 13.2 Å². The van der Waals surface area contributed by atoms with Crippen LogP contribution in [0.25, 0.3) is 0 Å². The third-order valence-corrected chi connectivity index (χ3v) is 3.50. The summed E-state index contributed by atoms with van der Waals surface area (Å²) >= 11 is 0. The standard InChI is InChI=1S/C16H26O.C2H4O/c1-2-3-4-5-6-7-8-9-12-15-13-10-11-14-16(15)17;1-2-3-1/h10-11,13-14,17H,2-9,12H2,1H3;1-2H2. The zero-order chi connectivity index (χ0) is 14.5. The quantitative estimate of drug-likeness (QED) is 0.504. The van der Waals surface area contributed by atoms with Crippen LogP contribution in [-0.2, 0) is 11.2 Å². The Morgan fingerprint density at radius 3 is 2.00 bits per heavy atom. The number of epoxide rings is 1. The van der Waals surface area contributed by atoms with E-state index in [-0.39, 0.29) is 0 Å². The Balaban J connectivity index is 0.000000584. The first kappa shape index (κ1) is 17.0. The zero-order valence-electron chi connectivity index (χ0n) is 12.9. The van der Waals surface area contributed by atoms with Crippen LogP contribution in [0.1, 0.15) is 63.9 Å². The van der Waals surface area contributed by atoms with Crippen molar-refractivity contribution < 1.29 is 9.84 Å². The van der Waals surface area contributed by atoms with Crippen molar-refractivity contribution in [2.24, 2.45) is 0 Å². The first-order valence-corrected chi connectivity index (χ1v) is 8.19. The molecule has 0 unspecified atom stereocenters. The fraction of sp³-hybridized carbons (Fsp3) is 0.667. The van der Waals surface area contributed by atoms with Gasteiger partial charge in [-0.15, -0.1) is 0 Å². The van der Waals surface area contributed by atoms with Gasteiger partial charge in [0.15, 0.2) is 0 Å². The first-order chi connectivity index (χ1) is 9.84. The molecule has 0 bridgehead atoms. The molecule has 1 N–H and O–H groups in total. The molecule has 1 aromatic carbocycles. The molecule has 0 spiro atoms. The van der Waals surface area contributed by atoms with E-state index in [1.165, 1.54) is 51.4 Å². The van der Waals surface area contributed by atoms with Gasteiger partial charge in [0.1, 0.15) is 5.75 Å². The summed E-state index contributed by atoms with van der Waals surface area (Å²) in [6.07, 6.45) is 11.7. The van der Waals surface area contributed by atoms with Crippen molar-refractivity contribution in [1.29, 1.82) is 0 Å². The minimum atomic E-state index is 0.454. The highest BCUT2D eigenvalue weighted by molar-refractivity contribution is 5.31. The van der Waals surface area contributed by atoms with Crippen molar-refractivity contribution in [2.45, 2.75) is 64.7 Å². The topological polar surface area (TPSA) is 32.8 Å². The van der Waals surface area contributed by atoms with Crippen LogP contribution in [0.15, 0.2) is 24.3 Å². The van der Waals surface area contributed by atoms with Crippen LogP contribution in [0.4, 0.5) is 0 Å². The van der Waals surface area contributed by atoms with Gasteiger partial charge < -0.3 is 9.84 Å². The molecule has 1 fully saturated rings. The average Bonchev–Trinajstić information content (AvgIpc) is 3.32. The Kier molecular flexibility index (Phi) is 10.0. The number of ether oxygens (including phenoxy) is 1. The zero-order valence-corrected chi connectivity index (χ0v) is 12.9. The third-order valence-electron chi connectivity index (χ3n) is 3.50. The smallest absolute Gasteiger partial charge is 0.118 e.